The molecule has 3 atom stereocenters. The van der Waals surface area contributed by atoms with Gasteiger partial charge in [0.15, 0.2) is 5.11 Å². The van der Waals surface area contributed by atoms with Gasteiger partial charge >= 0.3 is 0 Å². The van der Waals surface area contributed by atoms with Crippen LogP contribution in [0.25, 0.3) is 0 Å². The molecule has 3 unspecified atom stereocenters. The monoisotopic (exact) mass is 466 g/mol. The number of phenolic OH excluding ortho intramolecular Hbond substituents is 1. The van der Waals surface area contributed by atoms with Crippen LogP contribution in [-0.2, 0) is 6.61 Å². The minimum Gasteiger partial charge on any atom is -0.508 e. The van der Waals surface area contributed by atoms with Crippen LogP contribution in [0.4, 0.5) is 10.1 Å². The van der Waals surface area contributed by atoms with E-state index in [4.69, 9.17) is 12.2 Å². The predicted octanol–water partition coefficient (Wildman–Crippen LogP) is 4.73. The summed E-state index contributed by atoms with van der Waals surface area (Å²) in [4.78, 5) is 2.00. The molecule has 1 aliphatic heterocycles. The maximum Gasteiger partial charge on any atom is 0.174 e. The van der Waals surface area contributed by atoms with Gasteiger partial charge in [-0.2, -0.15) is 0 Å². The first-order valence-electron chi connectivity index (χ1n) is 11.0. The van der Waals surface area contributed by atoms with Gasteiger partial charge in [0.25, 0.3) is 0 Å². The molecule has 33 heavy (non-hydrogen) atoms. The Morgan fingerprint density at radius 1 is 1.03 bits per heavy atom. The van der Waals surface area contributed by atoms with E-state index in [1.54, 1.807) is 24.3 Å². The number of para-hydroxylation sites is 1. The van der Waals surface area contributed by atoms with Gasteiger partial charge in [-0.1, -0.05) is 42.5 Å². The average molecular weight is 467 g/mol. The van der Waals surface area contributed by atoms with E-state index in [1.807, 2.05) is 41.3 Å². The lowest BCUT2D eigenvalue weighted by Crippen LogP contribution is -2.29. The average Bonchev–Trinajstić information content (AvgIpc) is 3.15. The van der Waals surface area contributed by atoms with Crippen molar-refractivity contribution in [2.45, 2.75) is 44.1 Å². The van der Waals surface area contributed by atoms with Crippen molar-refractivity contribution in [1.82, 2.24) is 5.32 Å². The lowest BCUT2D eigenvalue weighted by Gasteiger charge is -2.29. The number of hydrogen-bond donors (Lipinski definition) is 4. The number of phenols is 1. The van der Waals surface area contributed by atoms with Gasteiger partial charge in [0, 0.05) is 11.3 Å². The number of hydrogen-bond acceptors (Lipinski definition) is 4. The molecule has 4 rings (SSSR count). The van der Waals surface area contributed by atoms with Crippen LogP contribution < -0.4 is 10.2 Å². The van der Waals surface area contributed by atoms with E-state index in [2.05, 4.69) is 5.32 Å². The highest BCUT2D eigenvalue weighted by Crippen LogP contribution is 2.40. The summed E-state index contributed by atoms with van der Waals surface area (Å²) in [7, 11) is 0. The van der Waals surface area contributed by atoms with Gasteiger partial charge in [-0.15, -0.1) is 0 Å². The third kappa shape index (κ3) is 5.16. The first-order valence-corrected chi connectivity index (χ1v) is 11.4. The Kier molecular flexibility index (Phi) is 7.23. The Labute approximate surface area is 198 Å². The van der Waals surface area contributed by atoms with Gasteiger partial charge in [0.05, 0.1) is 24.8 Å². The fourth-order valence-electron chi connectivity index (χ4n) is 4.39. The molecule has 3 aromatic rings. The standard InChI is InChI=1S/C26H27FN2O3S/c27-19-12-10-18(11-13-19)23(31)8-4-7-22-25(21-14-9-17(16-30)15-24(21)32)29(26(33)28-22)20-5-2-1-3-6-20/h1-3,5-6,9-15,22-23,25,30-32H,4,7-8,16H2,(H,28,33). The normalized spacial score (nSPS) is 18.9. The van der Waals surface area contributed by atoms with E-state index in [1.165, 1.54) is 12.1 Å². The van der Waals surface area contributed by atoms with Crippen molar-refractivity contribution in [2.75, 3.05) is 4.90 Å². The van der Waals surface area contributed by atoms with E-state index < -0.39 is 6.10 Å². The smallest absolute Gasteiger partial charge is 0.174 e. The van der Waals surface area contributed by atoms with Gasteiger partial charge in [0.2, 0.25) is 0 Å². The zero-order valence-electron chi connectivity index (χ0n) is 18.1. The molecule has 0 aromatic heterocycles. The molecule has 1 saturated heterocycles. The van der Waals surface area contributed by atoms with Crippen LogP contribution in [0.15, 0.2) is 72.8 Å². The van der Waals surface area contributed by atoms with Crippen molar-refractivity contribution in [2.24, 2.45) is 0 Å². The first-order chi connectivity index (χ1) is 16.0. The zero-order valence-corrected chi connectivity index (χ0v) is 18.9. The van der Waals surface area contributed by atoms with Gasteiger partial charge in [-0.05, 0) is 72.9 Å². The van der Waals surface area contributed by atoms with E-state index in [9.17, 15) is 19.7 Å². The van der Waals surface area contributed by atoms with E-state index in [-0.39, 0.29) is 30.3 Å². The third-order valence-electron chi connectivity index (χ3n) is 6.06. The number of nitrogens with zero attached hydrogens (tertiary/aromatic N) is 1. The number of nitrogens with one attached hydrogen (secondary N) is 1. The van der Waals surface area contributed by atoms with E-state index in [0.717, 1.165) is 5.69 Å². The Morgan fingerprint density at radius 3 is 2.42 bits per heavy atom. The Morgan fingerprint density at radius 2 is 1.76 bits per heavy atom. The number of anilines is 1. The first kappa shape index (κ1) is 23.2. The highest BCUT2D eigenvalue weighted by molar-refractivity contribution is 7.80. The molecular formula is C26H27FN2O3S. The molecule has 3 aromatic carbocycles. The molecule has 0 bridgehead atoms. The summed E-state index contributed by atoms with van der Waals surface area (Å²) >= 11 is 5.67. The number of halogens is 1. The minimum atomic E-state index is -0.681. The summed E-state index contributed by atoms with van der Waals surface area (Å²) < 4.78 is 13.2. The summed E-state index contributed by atoms with van der Waals surface area (Å²) in [5.41, 5.74) is 2.95. The fraction of sp³-hybridized carbons (Fsp3) is 0.269. The number of thiocarbonyl (C=S) groups is 1. The molecular weight excluding hydrogens is 439 g/mol. The van der Waals surface area contributed by atoms with Crippen molar-refractivity contribution in [3.05, 3.63) is 95.3 Å². The molecule has 7 heteroatoms. The second kappa shape index (κ2) is 10.3. The van der Waals surface area contributed by atoms with Gasteiger partial charge < -0.3 is 25.5 Å². The Balaban J connectivity index is 1.55. The SMILES string of the molecule is OCc1ccc(C2C(CCCC(O)c3ccc(F)cc3)NC(=S)N2c2ccccc2)c(O)c1. The van der Waals surface area contributed by atoms with Crippen molar-refractivity contribution in [1.29, 1.82) is 0 Å². The van der Waals surface area contributed by atoms with Gasteiger partial charge in [-0.25, -0.2) is 4.39 Å². The van der Waals surface area contributed by atoms with Crippen molar-refractivity contribution >= 4 is 23.0 Å². The summed E-state index contributed by atoms with van der Waals surface area (Å²) in [6.45, 7) is -0.151. The van der Waals surface area contributed by atoms with Crippen LogP contribution >= 0.6 is 12.2 Å². The largest absolute Gasteiger partial charge is 0.508 e. The lowest BCUT2D eigenvalue weighted by atomic mass is 9.92. The summed E-state index contributed by atoms with van der Waals surface area (Å²) in [5, 5.41) is 34.7. The molecule has 1 aliphatic rings. The third-order valence-corrected chi connectivity index (χ3v) is 6.38. The molecule has 0 aliphatic carbocycles. The number of benzene rings is 3. The lowest BCUT2D eigenvalue weighted by molar-refractivity contribution is 0.162. The molecule has 5 nitrogen and oxygen atoms in total. The van der Waals surface area contributed by atoms with E-state index in [0.29, 0.717) is 41.1 Å². The molecule has 4 N–H and O–H groups in total. The van der Waals surface area contributed by atoms with Crippen LogP contribution in [0.3, 0.4) is 0 Å². The van der Waals surface area contributed by atoms with Gasteiger partial charge in [-0.3, -0.25) is 0 Å². The highest BCUT2D eigenvalue weighted by atomic mass is 32.1. The minimum absolute atomic E-state index is 0.0935. The number of rotatable bonds is 8. The molecule has 1 fully saturated rings. The van der Waals surface area contributed by atoms with Crippen LogP contribution in [0.1, 0.15) is 48.1 Å². The van der Waals surface area contributed by atoms with Crippen molar-refractivity contribution < 1.29 is 19.7 Å². The molecule has 0 radical (unpaired) electrons. The second-order valence-electron chi connectivity index (χ2n) is 8.26. The maximum atomic E-state index is 13.2. The highest BCUT2D eigenvalue weighted by Gasteiger charge is 2.40. The van der Waals surface area contributed by atoms with Gasteiger partial charge in [0.1, 0.15) is 11.6 Å². The molecule has 0 spiro atoms. The number of aromatic hydroxyl groups is 1. The van der Waals surface area contributed by atoms with Crippen LogP contribution in [0.2, 0.25) is 0 Å². The topological polar surface area (TPSA) is 76.0 Å². The number of aliphatic hydroxyl groups excluding tert-OH is 2. The van der Waals surface area contributed by atoms with Crippen LogP contribution in [-0.4, -0.2) is 26.5 Å². The summed E-state index contributed by atoms with van der Waals surface area (Å²) in [6, 6.07) is 20.5. The van der Waals surface area contributed by atoms with E-state index >= 15 is 0 Å². The summed E-state index contributed by atoms with van der Waals surface area (Å²) in [6.07, 6.45) is 1.24. The van der Waals surface area contributed by atoms with Crippen molar-refractivity contribution in [3.8, 4) is 5.75 Å². The molecule has 172 valence electrons. The quantitative estimate of drug-likeness (QED) is 0.360. The Bertz CT molecular complexity index is 1090. The van der Waals surface area contributed by atoms with Crippen LogP contribution in [0.5, 0.6) is 5.75 Å². The maximum absolute atomic E-state index is 13.2. The molecule has 0 saturated carbocycles. The predicted molar refractivity (Wildman–Crippen MR) is 130 cm³/mol. The molecule has 1 heterocycles. The second-order valence-corrected chi connectivity index (χ2v) is 8.64. The fourth-order valence-corrected chi connectivity index (χ4v) is 4.76. The molecule has 0 amide bonds. The number of aliphatic hydroxyl groups is 2. The zero-order chi connectivity index (χ0) is 23.4. The Hall–Kier alpha value is -3.00. The summed E-state index contributed by atoms with van der Waals surface area (Å²) in [5.74, 6) is -0.221. The van der Waals surface area contributed by atoms with Crippen molar-refractivity contribution in [3.63, 3.8) is 0 Å². The van der Waals surface area contributed by atoms with Crippen LogP contribution in [0, 0.1) is 5.82 Å².